The third-order valence-corrected chi connectivity index (χ3v) is 4.55. The molecule has 2 nitrogen and oxygen atoms in total. The summed E-state index contributed by atoms with van der Waals surface area (Å²) in [5.74, 6) is 0. The largest absolute Gasteiger partial charge is 0.314 e. The van der Waals surface area contributed by atoms with E-state index in [-0.39, 0.29) is 24.8 Å². The summed E-state index contributed by atoms with van der Waals surface area (Å²) in [5.41, 5.74) is 3.64. The van der Waals surface area contributed by atoms with Crippen LogP contribution in [0, 0.1) is 5.41 Å². The molecule has 0 radical (unpaired) electrons. The molecule has 1 saturated heterocycles. The number of hydrogen-bond acceptors (Lipinski definition) is 2. The Morgan fingerprint density at radius 2 is 1.75 bits per heavy atom. The number of hydrogen-bond donors (Lipinski definition) is 1. The zero-order valence-electron chi connectivity index (χ0n) is 12.2. The smallest absolute Gasteiger partial charge is 0.0108 e. The van der Waals surface area contributed by atoms with Crippen molar-refractivity contribution in [3.63, 3.8) is 0 Å². The van der Waals surface area contributed by atoms with Crippen LogP contribution in [0.3, 0.4) is 0 Å². The third kappa shape index (κ3) is 4.11. The zero-order valence-corrected chi connectivity index (χ0v) is 13.9. The van der Waals surface area contributed by atoms with Gasteiger partial charge in [0, 0.05) is 32.7 Å². The van der Waals surface area contributed by atoms with E-state index in [1.807, 2.05) is 0 Å². The summed E-state index contributed by atoms with van der Waals surface area (Å²) in [6.07, 6.45) is 3.86. The van der Waals surface area contributed by atoms with E-state index in [4.69, 9.17) is 0 Å². The Labute approximate surface area is 135 Å². The van der Waals surface area contributed by atoms with Crippen LogP contribution < -0.4 is 5.32 Å². The van der Waals surface area contributed by atoms with E-state index >= 15 is 0 Å². The van der Waals surface area contributed by atoms with E-state index in [2.05, 4.69) is 41.4 Å². The van der Waals surface area contributed by atoms with Gasteiger partial charge in [-0.15, -0.1) is 24.8 Å². The van der Waals surface area contributed by atoms with Gasteiger partial charge < -0.3 is 10.2 Å². The second-order valence-corrected chi connectivity index (χ2v) is 6.28. The number of rotatable bonds is 2. The fraction of sp³-hybridized carbons (Fsp3) is 0.625. The summed E-state index contributed by atoms with van der Waals surface area (Å²) in [6, 6.07) is 9.00. The molecule has 20 heavy (non-hydrogen) atoms. The summed E-state index contributed by atoms with van der Waals surface area (Å²) in [6.45, 7) is 8.50. The molecule has 3 rings (SSSR count). The molecule has 2 aliphatic rings. The van der Waals surface area contributed by atoms with Crippen molar-refractivity contribution in [2.75, 3.05) is 32.7 Å². The van der Waals surface area contributed by atoms with E-state index in [1.54, 1.807) is 11.1 Å². The highest BCUT2D eigenvalue weighted by molar-refractivity contribution is 5.85. The molecule has 114 valence electrons. The normalized spacial score (nSPS) is 26.1. The van der Waals surface area contributed by atoms with E-state index in [1.165, 1.54) is 38.9 Å². The molecule has 0 aromatic heterocycles. The Morgan fingerprint density at radius 1 is 1.10 bits per heavy atom. The number of nitrogens with one attached hydrogen (secondary N) is 1. The molecule has 1 aliphatic carbocycles. The van der Waals surface area contributed by atoms with Gasteiger partial charge in [0.15, 0.2) is 0 Å². The lowest BCUT2D eigenvalue weighted by Crippen LogP contribution is -2.48. The Bertz CT molecular complexity index is 419. The maximum absolute atomic E-state index is 3.44. The highest BCUT2D eigenvalue weighted by Gasteiger charge is 2.31. The minimum absolute atomic E-state index is 0. The van der Waals surface area contributed by atoms with Crippen LogP contribution in [0.2, 0.25) is 0 Å². The van der Waals surface area contributed by atoms with Crippen molar-refractivity contribution in [2.24, 2.45) is 5.41 Å². The first-order valence-corrected chi connectivity index (χ1v) is 7.25. The molecule has 1 fully saturated rings. The Hall–Kier alpha value is -0.280. The van der Waals surface area contributed by atoms with Gasteiger partial charge in [0.1, 0.15) is 0 Å². The van der Waals surface area contributed by atoms with Crippen molar-refractivity contribution >= 4 is 24.8 Å². The molecule has 1 aromatic carbocycles. The number of benzene rings is 1. The number of piperazine rings is 1. The zero-order chi connectivity index (χ0) is 12.4. The van der Waals surface area contributed by atoms with E-state index in [0.29, 0.717) is 5.41 Å². The number of aryl methyl sites for hydroxylation is 1. The molecular weight excluding hydrogens is 291 g/mol. The van der Waals surface area contributed by atoms with Gasteiger partial charge in [-0.05, 0) is 35.8 Å². The summed E-state index contributed by atoms with van der Waals surface area (Å²) in [4.78, 5) is 2.64. The maximum Gasteiger partial charge on any atom is 0.0108 e. The summed E-state index contributed by atoms with van der Waals surface area (Å²) < 4.78 is 0. The lowest BCUT2D eigenvalue weighted by Gasteiger charge is -2.40. The van der Waals surface area contributed by atoms with Gasteiger partial charge in [-0.1, -0.05) is 31.2 Å². The first-order valence-electron chi connectivity index (χ1n) is 7.25. The molecule has 1 aromatic rings. The molecule has 0 bridgehead atoms. The number of nitrogens with zero attached hydrogens (tertiary/aromatic N) is 1. The molecule has 0 amide bonds. The molecule has 1 unspecified atom stereocenters. The first kappa shape index (κ1) is 17.8. The predicted molar refractivity (Wildman–Crippen MR) is 90.4 cm³/mol. The Morgan fingerprint density at radius 3 is 2.45 bits per heavy atom. The van der Waals surface area contributed by atoms with Gasteiger partial charge >= 0.3 is 0 Å². The molecule has 0 saturated carbocycles. The molecule has 1 heterocycles. The van der Waals surface area contributed by atoms with Crippen molar-refractivity contribution in [2.45, 2.75) is 26.2 Å². The SMILES string of the molecule is CC1(CN2CCNCC2)CCc2ccccc2C1.Cl.Cl. The average molecular weight is 317 g/mol. The third-order valence-electron chi connectivity index (χ3n) is 4.55. The fourth-order valence-corrected chi connectivity index (χ4v) is 3.50. The first-order chi connectivity index (χ1) is 8.75. The summed E-state index contributed by atoms with van der Waals surface area (Å²) >= 11 is 0. The van der Waals surface area contributed by atoms with Crippen molar-refractivity contribution in [1.82, 2.24) is 10.2 Å². The standard InChI is InChI=1S/C16H24N2.2ClH/c1-16(13-18-10-8-17-9-11-18)7-6-14-4-2-3-5-15(14)12-16;;/h2-5,17H,6-13H2,1H3;2*1H. The van der Waals surface area contributed by atoms with Crippen LogP contribution in [0.5, 0.6) is 0 Å². The van der Waals surface area contributed by atoms with Crippen LogP contribution in [0.25, 0.3) is 0 Å². The monoisotopic (exact) mass is 316 g/mol. The highest BCUT2D eigenvalue weighted by Crippen LogP contribution is 2.35. The molecule has 1 N–H and O–H groups in total. The maximum atomic E-state index is 3.44. The van der Waals surface area contributed by atoms with Gasteiger partial charge in [-0.3, -0.25) is 0 Å². The minimum atomic E-state index is 0. The fourth-order valence-electron chi connectivity index (χ4n) is 3.50. The lowest BCUT2D eigenvalue weighted by atomic mass is 9.72. The van der Waals surface area contributed by atoms with E-state index < -0.39 is 0 Å². The molecule has 4 heteroatoms. The van der Waals surface area contributed by atoms with Gasteiger partial charge in [0.2, 0.25) is 0 Å². The van der Waals surface area contributed by atoms with Crippen molar-refractivity contribution < 1.29 is 0 Å². The average Bonchev–Trinajstić information content (AvgIpc) is 2.39. The molecule has 1 atom stereocenters. The second kappa shape index (κ2) is 7.65. The summed E-state index contributed by atoms with van der Waals surface area (Å²) in [5, 5.41) is 3.44. The Balaban J connectivity index is 0.000001000. The van der Waals surface area contributed by atoms with E-state index in [0.717, 1.165) is 13.1 Å². The topological polar surface area (TPSA) is 15.3 Å². The van der Waals surface area contributed by atoms with Crippen LogP contribution in [-0.2, 0) is 12.8 Å². The molecule has 1 aliphatic heterocycles. The number of halogens is 2. The quantitative estimate of drug-likeness (QED) is 0.902. The van der Waals surface area contributed by atoms with Crippen LogP contribution in [0.15, 0.2) is 24.3 Å². The van der Waals surface area contributed by atoms with Crippen LogP contribution in [-0.4, -0.2) is 37.6 Å². The predicted octanol–water partition coefficient (Wildman–Crippen LogP) is 2.93. The van der Waals surface area contributed by atoms with E-state index in [9.17, 15) is 0 Å². The summed E-state index contributed by atoms with van der Waals surface area (Å²) in [7, 11) is 0. The van der Waals surface area contributed by atoms with Crippen molar-refractivity contribution in [1.29, 1.82) is 0 Å². The van der Waals surface area contributed by atoms with Crippen LogP contribution >= 0.6 is 24.8 Å². The molecular formula is C16H26Cl2N2. The molecule has 0 spiro atoms. The number of fused-ring (bicyclic) bond motifs is 1. The second-order valence-electron chi connectivity index (χ2n) is 6.28. The highest BCUT2D eigenvalue weighted by atomic mass is 35.5. The van der Waals surface area contributed by atoms with Gasteiger partial charge in [-0.25, -0.2) is 0 Å². The Kier molecular flexibility index (Phi) is 6.80. The van der Waals surface area contributed by atoms with Crippen molar-refractivity contribution in [3.05, 3.63) is 35.4 Å². The van der Waals surface area contributed by atoms with Gasteiger partial charge in [-0.2, -0.15) is 0 Å². The van der Waals surface area contributed by atoms with Gasteiger partial charge in [0.25, 0.3) is 0 Å². The van der Waals surface area contributed by atoms with Crippen LogP contribution in [0.4, 0.5) is 0 Å². The lowest BCUT2D eigenvalue weighted by molar-refractivity contribution is 0.134. The van der Waals surface area contributed by atoms with Crippen LogP contribution in [0.1, 0.15) is 24.5 Å². The van der Waals surface area contributed by atoms with Gasteiger partial charge in [0.05, 0.1) is 0 Å². The van der Waals surface area contributed by atoms with Crippen molar-refractivity contribution in [3.8, 4) is 0 Å². The minimum Gasteiger partial charge on any atom is -0.314 e.